The summed E-state index contributed by atoms with van der Waals surface area (Å²) in [4.78, 5) is 16.0. The predicted molar refractivity (Wildman–Crippen MR) is 496 cm³/mol. The first kappa shape index (κ1) is 94.9. The molecule has 0 bridgehead atoms. The first-order chi connectivity index (χ1) is 57.2. The van der Waals surface area contributed by atoms with E-state index in [4.69, 9.17) is 9.47 Å². The summed E-state index contributed by atoms with van der Waals surface area (Å²) in [7, 11) is 0. The molecule has 4 N–H and O–H groups in total. The molecule has 1 radical (unpaired) electrons. The van der Waals surface area contributed by atoms with Gasteiger partial charge in [0.15, 0.2) is 5.54 Å². The van der Waals surface area contributed by atoms with E-state index in [0.717, 1.165) is 129 Å². The largest absolute Gasteiger partial charge is 0.506 e. The standard InChI is InChI=1S/C40H47N2O3.2C28H28N2O2.2C5H6.Co.2Fe/c1-10-13-18-44-38(43)28-17-15-14-16-27(28)37-31-19-29-25(4)23-39(6,7)41(11-2)33(29)21-35(31)45-36-22-34-30(20-32(36)37)26(5)24-40(8,9)42(34)12-3;2*1-4-28(2,3)22-13-16-25(31)24(18-22)29-30-27-23-14-11-20(10-9-19-7-5-6-8-19)17-21(23)12-15-26(27)32;2*1-2-4-5-3-1;;;/h14-17,19-24H,10-13,18H2,1-9H3;2*5-19,31-32H,4H2,1-3H3;2*1-4H,5H2;;;/q+1;;;;;;;/b;2*10-9+,30-29?;;;;;. The number of esters is 1. The second-order valence-corrected chi connectivity index (χ2v) is 33.4. The van der Waals surface area contributed by atoms with Crippen LogP contribution in [0.3, 0.4) is 0 Å². The number of carbonyl (C=O) groups is 1. The smallest absolute Gasteiger partial charge is 0.338 e. The summed E-state index contributed by atoms with van der Waals surface area (Å²) >= 11 is 0. The summed E-state index contributed by atoms with van der Waals surface area (Å²) < 4.78 is 15.1. The van der Waals surface area contributed by atoms with Gasteiger partial charge >= 0.3 is 5.97 Å². The molecule has 13 nitrogen and oxygen atoms in total. The van der Waals surface area contributed by atoms with Crippen molar-refractivity contribution < 1.29 is 85.6 Å². The number of carbonyl (C=O) groups excluding carboxylic acids is 1. The van der Waals surface area contributed by atoms with E-state index < -0.39 is 0 Å². The molecule has 0 amide bonds. The van der Waals surface area contributed by atoms with Crippen LogP contribution in [0, 0.1) is 11.8 Å². The van der Waals surface area contributed by atoms with Crippen LogP contribution in [0.15, 0.2) is 288 Å². The quantitative estimate of drug-likeness (QED) is 0.0204. The zero-order valence-corrected chi connectivity index (χ0v) is 76.1. The van der Waals surface area contributed by atoms with Crippen LogP contribution in [0.1, 0.15) is 197 Å². The van der Waals surface area contributed by atoms with Crippen LogP contribution in [-0.4, -0.2) is 57.2 Å². The van der Waals surface area contributed by atoms with Crippen molar-refractivity contribution in [1.82, 2.24) is 4.58 Å². The van der Waals surface area contributed by atoms with Crippen LogP contribution in [0.5, 0.6) is 34.5 Å². The monoisotopic (exact) mass is 1750 g/mol. The fourth-order valence-corrected chi connectivity index (χ4v) is 15.9. The molecule has 4 aliphatic carbocycles. The van der Waals surface area contributed by atoms with Gasteiger partial charge in [-0.2, -0.15) is 0 Å². The Morgan fingerprint density at radius 3 is 1.50 bits per heavy atom. The summed E-state index contributed by atoms with van der Waals surface area (Å²) in [6.07, 6.45) is 52.7. The fourth-order valence-electron chi connectivity index (χ4n) is 15.9. The number of phenolic OH excluding ortho intramolecular Hbond substituents is 4. The van der Waals surface area contributed by atoms with Gasteiger partial charge in [-0.05, 0) is 207 Å². The third-order valence-corrected chi connectivity index (χ3v) is 23.4. The van der Waals surface area contributed by atoms with E-state index in [-0.39, 0.29) is 102 Å². The Kier molecular flexibility index (Phi) is 32.9. The molecule has 7 aliphatic rings. The molecule has 0 saturated carbocycles. The first-order valence-electron chi connectivity index (χ1n) is 42.0. The Morgan fingerprint density at radius 2 is 1.03 bits per heavy atom. The van der Waals surface area contributed by atoms with Gasteiger partial charge in [0.25, 0.3) is 0 Å². The topological polar surface area (TPSA) is 172 Å². The predicted octanol–water partition coefficient (Wildman–Crippen LogP) is 26.9. The number of hydrogen-bond donors (Lipinski definition) is 4. The molecule has 16 heteroatoms. The van der Waals surface area contributed by atoms with Crippen molar-refractivity contribution in [3.05, 3.63) is 328 Å². The Morgan fingerprint density at radius 1 is 0.541 bits per heavy atom. The number of allylic oxidation sites excluding steroid dienone is 20. The van der Waals surface area contributed by atoms with E-state index in [1.54, 1.807) is 24.3 Å². The van der Waals surface area contributed by atoms with Crippen molar-refractivity contribution in [2.24, 2.45) is 32.3 Å². The van der Waals surface area contributed by atoms with Crippen LogP contribution in [-0.2, 0) is 66.5 Å². The number of aromatic hydroxyl groups is 4. The SMILES string of the molecule is C1=CCC=C1.C1=CCC=C1.CCC(C)(C)c1ccc(O)c(N=Nc2c(O)ccc3cc(/C=C/C4C=CC=C4)ccc23)c1.CCC(C)(C)c1ccc(O)c(N=Nc2c(O)ccc3cc(/C=C/C4C=CC=C4)ccc23)c1.CCCCOC(=O)c1ccccc1C1=c2cc3c(cc2Oc2cc4c(cc21)C(C)=CC(C)(C)N4CC)=[N+](CC)C(C)(C)C=C3C.[Co].[Fe].[Fe]. The molecule has 122 heavy (non-hydrogen) atoms. The molecule has 0 aromatic heterocycles. The van der Waals surface area contributed by atoms with E-state index in [1.165, 1.54) is 33.3 Å². The number of phenols is 4. The average Bonchev–Trinajstić information content (AvgIpc) is 1.03. The minimum absolute atomic E-state index is 0. The Labute approximate surface area is 752 Å². The maximum atomic E-state index is 13.6. The van der Waals surface area contributed by atoms with Crippen molar-refractivity contribution in [3.8, 4) is 34.5 Å². The third kappa shape index (κ3) is 22.3. The molecule has 0 unspecified atom stereocenters. The van der Waals surface area contributed by atoms with E-state index in [0.29, 0.717) is 46.8 Å². The second kappa shape index (κ2) is 42.2. The zero-order valence-electron chi connectivity index (χ0n) is 72.8. The van der Waals surface area contributed by atoms with Gasteiger partial charge < -0.3 is 34.8 Å². The minimum atomic E-state index is -0.290. The van der Waals surface area contributed by atoms with Crippen LogP contribution in [0.4, 0.5) is 28.4 Å². The van der Waals surface area contributed by atoms with Gasteiger partial charge in [0.2, 0.25) is 5.36 Å². The number of fused-ring (bicyclic) bond motifs is 6. The molecule has 9 aromatic carbocycles. The van der Waals surface area contributed by atoms with Gasteiger partial charge in [0.1, 0.15) is 63.8 Å². The zero-order chi connectivity index (χ0) is 84.8. The number of likely N-dealkylation sites (N-methyl/N-ethyl adjacent to an activating group) is 2. The van der Waals surface area contributed by atoms with Crippen LogP contribution >= 0.6 is 0 Å². The van der Waals surface area contributed by atoms with E-state index >= 15 is 0 Å². The van der Waals surface area contributed by atoms with Crippen LogP contribution in [0.25, 0.3) is 50.4 Å². The first-order valence-corrected chi connectivity index (χ1v) is 42.0. The number of benzene rings is 9. The summed E-state index contributed by atoms with van der Waals surface area (Å²) in [6.45, 7) is 35.0. The van der Waals surface area contributed by atoms with Gasteiger partial charge in [0.05, 0.1) is 23.8 Å². The van der Waals surface area contributed by atoms with Gasteiger partial charge in [-0.15, -0.1) is 20.5 Å². The average molecular weight is 1760 g/mol. The van der Waals surface area contributed by atoms with Crippen molar-refractivity contribution >= 4 is 84.8 Å². The van der Waals surface area contributed by atoms with E-state index in [2.05, 4.69) is 286 Å². The summed E-state index contributed by atoms with van der Waals surface area (Å²) in [5.41, 5.74) is 15.0. The molecule has 0 saturated heterocycles. The normalized spacial score (nSPS) is 15.4. The number of rotatable bonds is 19. The van der Waals surface area contributed by atoms with Gasteiger partial charge in [-0.25, -0.2) is 9.37 Å². The molecule has 0 fully saturated rings. The van der Waals surface area contributed by atoms with E-state index in [1.807, 2.05) is 103 Å². The summed E-state index contributed by atoms with van der Waals surface area (Å²) in [5, 5.41) is 64.4. The van der Waals surface area contributed by atoms with Crippen molar-refractivity contribution in [3.63, 3.8) is 0 Å². The van der Waals surface area contributed by atoms with Crippen molar-refractivity contribution in [2.75, 3.05) is 24.6 Å². The number of nitrogens with zero attached hydrogens (tertiary/aromatic N) is 6. The molecule has 635 valence electrons. The summed E-state index contributed by atoms with van der Waals surface area (Å²) in [6, 6.07) is 46.7. The molecule has 0 atom stereocenters. The van der Waals surface area contributed by atoms with Crippen molar-refractivity contribution in [1.29, 1.82) is 0 Å². The molecule has 0 spiro atoms. The van der Waals surface area contributed by atoms with Gasteiger partial charge in [-0.1, -0.05) is 249 Å². The maximum absolute atomic E-state index is 13.6. The van der Waals surface area contributed by atoms with Crippen LogP contribution in [0.2, 0.25) is 0 Å². The maximum Gasteiger partial charge on any atom is 0.338 e. The fraction of sp³-hybridized carbons (Fsp3) is 0.283. The Bertz CT molecular complexity index is 5680. The number of anilines is 1. The molecule has 3 heterocycles. The molecule has 9 aromatic rings. The van der Waals surface area contributed by atoms with Gasteiger partial charge in [0, 0.05) is 133 Å². The molecule has 16 rings (SSSR count). The molecular weight excluding hydrogens is 1640 g/mol. The Hall–Kier alpha value is -10.9. The number of ether oxygens (including phenoxy) is 2. The number of unbranched alkanes of at least 4 members (excludes halogenated alkanes) is 1. The van der Waals surface area contributed by atoms with Crippen LogP contribution < -0.4 is 24.8 Å². The summed E-state index contributed by atoms with van der Waals surface area (Å²) in [5.74, 6) is 2.21. The van der Waals surface area contributed by atoms with E-state index in [9.17, 15) is 25.2 Å². The number of hydrogen-bond acceptors (Lipinski definition) is 12. The minimum Gasteiger partial charge on any atom is -0.506 e. The molecule has 3 aliphatic heterocycles. The van der Waals surface area contributed by atoms with Crippen molar-refractivity contribution in [2.45, 2.75) is 164 Å². The van der Waals surface area contributed by atoms with Gasteiger partial charge in [-0.3, -0.25) is 0 Å². The number of azo groups is 2. The molecular formula is C106H115CoFe2N6O7+. The third-order valence-electron chi connectivity index (χ3n) is 23.4. The second-order valence-electron chi connectivity index (χ2n) is 33.4. The Balaban J connectivity index is 0.000000197.